The van der Waals surface area contributed by atoms with Crippen LogP contribution in [0.2, 0.25) is 0 Å². The molecule has 0 aromatic carbocycles. The molecule has 5 heterocycles. The van der Waals surface area contributed by atoms with E-state index in [4.69, 9.17) is 10.7 Å². The topological polar surface area (TPSA) is 96.1 Å². The minimum absolute atomic E-state index is 0.207. The van der Waals surface area contributed by atoms with Crippen LogP contribution in [0.5, 0.6) is 0 Å². The first kappa shape index (κ1) is 20.9. The van der Waals surface area contributed by atoms with Crippen molar-refractivity contribution >= 4 is 5.82 Å². The van der Waals surface area contributed by atoms with E-state index in [2.05, 4.69) is 58.3 Å². The van der Waals surface area contributed by atoms with Gasteiger partial charge in [0.05, 0.1) is 17.9 Å². The summed E-state index contributed by atoms with van der Waals surface area (Å²) >= 11 is 0. The van der Waals surface area contributed by atoms with Gasteiger partial charge in [-0.05, 0) is 44.2 Å². The van der Waals surface area contributed by atoms with Crippen molar-refractivity contribution in [1.29, 1.82) is 0 Å². The van der Waals surface area contributed by atoms with Crippen LogP contribution in [0.3, 0.4) is 0 Å². The number of rotatable bonds is 5. The minimum Gasteiger partial charge on any atom is -0.355 e. The van der Waals surface area contributed by atoms with Gasteiger partial charge in [-0.15, -0.1) is 0 Å². The summed E-state index contributed by atoms with van der Waals surface area (Å²) in [6.07, 6.45) is 8.49. The van der Waals surface area contributed by atoms with Gasteiger partial charge in [0.25, 0.3) is 0 Å². The molecule has 3 saturated heterocycles. The van der Waals surface area contributed by atoms with E-state index in [-0.39, 0.29) is 12.1 Å². The lowest BCUT2D eigenvalue weighted by atomic mass is 9.82. The molecule has 168 valence electrons. The number of aromatic nitrogens is 3. The maximum atomic E-state index is 6.28. The molecule has 0 spiro atoms. The molecule has 0 bridgehead atoms. The summed E-state index contributed by atoms with van der Waals surface area (Å²) in [4.78, 5) is 7.62. The first-order valence-corrected chi connectivity index (χ1v) is 11.9. The van der Waals surface area contributed by atoms with Crippen LogP contribution in [0.1, 0.15) is 62.0 Å². The molecule has 2 aromatic rings. The number of fused-ring (bicyclic) bond motifs is 1. The molecule has 5 atom stereocenters. The van der Waals surface area contributed by atoms with Crippen LogP contribution >= 0.6 is 0 Å². The number of anilines is 1. The van der Waals surface area contributed by atoms with Crippen molar-refractivity contribution < 1.29 is 0 Å². The highest BCUT2D eigenvalue weighted by molar-refractivity contribution is 5.49. The highest BCUT2D eigenvalue weighted by Gasteiger charge is 2.42. The van der Waals surface area contributed by atoms with Gasteiger partial charge in [0.15, 0.2) is 0 Å². The van der Waals surface area contributed by atoms with Gasteiger partial charge in [-0.25, -0.2) is 10.4 Å². The van der Waals surface area contributed by atoms with Gasteiger partial charge in [0, 0.05) is 62.0 Å². The van der Waals surface area contributed by atoms with Crippen molar-refractivity contribution in [3.63, 3.8) is 0 Å². The van der Waals surface area contributed by atoms with Crippen molar-refractivity contribution in [3.8, 4) is 0 Å². The van der Waals surface area contributed by atoms with Crippen molar-refractivity contribution in [1.82, 2.24) is 30.9 Å². The van der Waals surface area contributed by atoms with Gasteiger partial charge in [-0.1, -0.05) is 13.0 Å². The molecular weight excluding hydrogens is 388 g/mol. The zero-order valence-electron chi connectivity index (χ0n) is 18.7. The predicted molar refractivity (Wildman–Crippen MR) is 123 cm³/mol. The second kappa shape index (κ2) is 8.86. The highest BCUT2D eigenvalue weighted by atomic mass is 15.4. The minimum atomic E-state index is 0.207. The van der Waals surface area contributed by atoms with Gasteiger partial charge < -0.3 is 16.0 Å². The van der Waals surface area contributed by atoms with Crippen molar-refractivity contribution in [2.24, 2.45) is 11.7 Å². The molecule has 3 fully saturated rings. The van der Waals surface area contributed by atoms with Crippen LogP contribution in [0.15, 0.2) is 24.5 Å². The van der Waals surface area contributed by atoms with E-state index in [1.807, 2.05) is 10.9 Å². The number of pyridine rings is 1. The van der Waals surface area contributed by atoms with Gasteiger partial charge in [-0.3, -0.25) is 10.1 Å². The fraction of sp³-hybridized carbons (Fsp3) is 0.652. The lowest BCUT2D eigenvalue weighted by Gasteiger charge is -2.35. The van der Waals surface area contributed by atoms with Crippen LogP contribution in [0, 0.1) is 5.92 Å². The van der Waals surface area contributed by atoms with Crippen molar-refractivity contribution in [2.45, 2.75) is 70.2 Å². The van der Waals surface area contributed by atoms with E-state index in [1.165, 1.54) is 11.1 Å². The summed E-state index contributed by atoms with van der Waals surface area (Å²) < 4.78 is 2.01. The molecule has 5 rings (SSSR count). The Kier molecular flexibility index (Phi) is 5.97. The Bertz CT molecular complexity index is 895. The molecule has 0 radical (unpaired) electrons. The van der Waals surface area contributed by atoms with E-state index < -0.39 is 0 Å². The number of nitrogens with one attached hydrogen (secondary N) is 3. The van der Waals surface area contributed by atoms with Gasteiger partial charge in [-0.2, -0.15) is 5.10 Å². The molecule has 0 amide bonds. The zero-order chi connectivity index (χ0) is 21.4. The monoisotopic (exact) mass is 424 g/mol. The first-order valence-electron chi connectivity index (χ1n) is 11.9. The Morgan fingerprint density at radius 2 is 2.13 bits per heavy atom. The largest absolute Gasteiger partial charge is 0.355 e. The van der Waals surface area contributed by atoms with Crippen LogP contribution in [0.4, 0.5) is 5.82 Å². The smallest absolute Gasteiger partial charge is 0.132 e. The molecule has 3 aliphatic rings. The van der Waals surface area contributed by atoms with Crippen LogP contribution in [0.25, 0.3) is 0 Å². The molecule has 3 aliphatic heterocycles. The molecule has 4 unspecified atom stereocenters. The standard InChI is InChI=1S/C23H36N8/c1-3-15-7-8-19(27-23(15)30-9-5-6-17(24)14-30)22-18-10-20(25-12-21(18)28-29-22)16-11-26-31(4-2)13-16/h7-8,11,13,17-18,20-22,25,28-29H,3-6,9-10,12,14,24H2,1-2H3/t17-,18?,20?,21?,22?/m0/s1. The second-order valence-electron chi connectivity index (χ2n) is 9.28. The lowest BCUT2D eigenvalue weighted by molar-refractivity contribution is 0.265. The Labute approximate surface area is 184 Å². The highest BCUT2D eigenvalue weighted by Crippen LogP contribution is 2.38. The van der Waals surface area contributed by atoms with Gasteiger partial charge in [0.2, 0.25) is 0 Å². The molecule has 0 aliphatic carbocycles. The molecule has 5 N–H and O–H groups in total. The zero-order valence-corrected chi connectivity index (χ0v) is 18.7. The van der Waals surface area contributed by atoms with E-state index >= 15 is 0 Å². The summed E-state index contributed by atoms with van der Waals surface area (Å²) in [5, 5.41) is 8.18. The summed E-state index contributed by atoms with van der Waals surface area (Å²) in [6.45, 7) is 8.13. The second-order valence-corrected chi connectivity index (χ2v) is 9.28. The van der Waals surface area contributed by atoms with E-state index in [0.29, 0.717) is 18.0 Å². The summed E-state index contributed by atoms with van der Waals surface area (Å²) in [5.41, 5.74) is 17.1. The van der Waals surface area contributed by atoms with E-state index in [1.54, 1.807) is 0 Å². The third-order valence-electron chi connectivity index (χ3n) is 7.28. The fourth-order valence-corrected chi connectivity index (χ4v) is 5.47. The molecule has 8 heteroatoms. The number of hydrazine groups is 1. The average Bonchev–Trinajstić information content (AvgIpc) is 3.45. The number of aryl methyl sites for hydroxylation is 2. The molecule has 8 nitrogen and oxygen atoms in total. The van der Waals surface area contributed by atoms with Crippen molar-refractivity contribution in [2.75, 3.05) is 24.5 Å². The number of nitrogens with two attached hydrogens (primary N) is 1. The van der Waals surface area contributed by atoms with Crippen LogP contribution in [-0.4, -0.2) is 46.5 Å². The third kappa shape index (κ3) is 4.09. The van der Waals surface area contributed by atoms with Crippen LogP contribution < -0.4 is 26.8 Å². The first-order chi connectivity index (χ1) is 15.2. The van der Waals surface area contributed by atoms with Crippen LogP contribution in [-0.2, 0) is 13.0 Å². The van der Waals surface area contributed by atoms with E-state index in [9.17, 15) is 0 Å². The number of hydrogen-bond acceptors (Lipinski definition) is 7. The lowest BCUT2D eigenvalue weighted by Crippen LogP contribution is -2.46. The number of nitrogens with zero attached hydrogens (tertiary/aromatic N) is 4. The van der Waals surface area contributed by atoms with E-state index in [0.717, 1.165) is 63.4 Å². The Morgan fingerprint density at radius 3 is 2.90 bits per heavy atom. The fourth-order valence-electron chi connectivity index (χ4n) is 5.47. The third-order valence-corrected chi connectivity index (χ3v) is 7.28. The Hall–Kier alpha value is -2.00. The normalized spacial score (nSPS) is 31.1. The summed E-state index contributed by atoms with van der Waals surface area (Å²) in [5.74, 6) is 1.61. The molecular formula is C23H36N8. The SMILES string of the molecule is CCc1ccc(C2NNC3CNC(c4cnn(CC)c4)CC32)nc1N1CCC[C@H](N)C1. The maximum Gasteiger partial charge on any atom is 0.132 e. The average molecular weight is 425 g/mol. The van der Waals surface area contributed by atoms with Gasteiger partial charge >= 0.3 is 0 Å². The quantitative estimate of drug-likeness (QED) is 0.580. The molecule has 2 aromatic heterocycles. The number of hydrogen-bond donors (Lipinski definition) is 4. The molecule has 31 heavy (non-hydrogen) atoms. The summed E-state index contributed by atoms with van der Waals surface area (Å²) in [7, 11) is 0. The maximum absolute atomic E-state index is 6.28. The van der Waals surface area contributed by atoms with Crippen molar-refractivity contribution in [3.05, 3.63) is 41.3 Å². The predicted octanol–water partition coefficient (Wildman–Crippen LogP) is 1.66. The Balaban J connectivity index is 1.38. The Morgan fingerprint density at radius 1 is 1.23 bits per heavy atom. The van der Waals surface area contributed by atoms with Gasteiger partial charge in [0.1, 0.15) is 5.82 Å². The number of piperidine rings is 2. The molecule has 0 saturated carbocycles. The summed E-state index contributed by atoms with van der Waals surface area (Å²) in [6, 6.07) is 5.69.